The van der Waals surface area contributed by atoms with E-state index in [9.17, 15) is 13.6 Å². The first kappa shape index (κ1) is 20.7. The second kappa shape index (κ2) is 9.05. The molecule has 1 amide bonds. The van der Waals surface area contributed by atoms with Crippen LogP contribution in [0.3, 0.4) is 0 Å². The number of carbonyl (C=O) groups excluding carboxylic acids is 1. The van der Waals surface area contributed by atoms with Gasteiger partial charge in [-0.2, -0.15) is 4.39 Å². The van der Waals surface area contributed by atoms with Gasteiger partial charge in [0.25, 0.3) is 5.91 Å². The minimum Gasteiger partial charge on any atom is -0.378 e. The first-order valence-corrected chi connectivity index (χ1v) is 9.78. The SMILES string of the molecule is CN(c1ccc(F)cc1)c1ccc(NC(=O)c2cccnc2F)c(N2CCOCC2)n1. The van der Waals surface area contributed by atoms with E-state index in [1.165, 1.54) is 30.5 Å². The van der Waals surface area contributed by atoms with E-state index in [4.69, 9.17) is 9.72 Å². The lowest BCUT2D eigenvalue weighted by molar-refractivity contribution is 0.102. The number of anilines is 4. The van der Waals surface area contributed by atoms with Gasteiger partial charge in [0.1, 0.15) is 11.6 Å². The Labute approximate surface area is 178 Å². The molecule has 0 radical (unpaired) electrons. The number of rotatable bonds is 5. The van der Waals surface area contributed by atoms with Crippen molar-refractivity contribution < 1.29 is 18.3 Å². The highest BCUT2D eigenvalue weighted by atomic mass is 19.1. The predicted molar refractivity (Wildman–Crippen MR) is 114 cm³/mol. The van der Waals surface area contributed by atoms with Gasteiger partial charge in [0.2, 0.25) is 5.95 Å². The van der Waals surface area contributed by atoms with Crippen molar-refractivity contribution in [1.29, 1.82) is 0 Å². The lowest BCUT2D eigenvalue weighted by Crippen LogP contribution is -2.37. The number of nitrogens with one attached hydrogen (secondary N) is 1. The quantitative estimate of drug-likeness (QED) is 0.630. The summed E-state index contributed by atoms with van der Waals surface area (Å²) in [6.07, 6.45) is 1.28. The first-order chi connectivity index (χ1) is 15.0. The smallest absolute Gasteiger partial charge is 0.260 e. The molecule has 1 saturated heterocycles. The van der Waals surface area contributed by atoms with E-state index >= 15 is 0 Å². The number of hydrogen-bond acceptors (Lipinski definition) is 6. The van der Waals surface area contributed by atoms with Crippen LogP contribution in [0.25, 0.3) is 0 Å². The van der Waals surface area contributed by atoms with Crippen molar-refractivity contribution in [3.8, 4) is 0 Å². The molecule has 4 rings (SSSR count). The minimum absolute atomic E-state index is 0.150. The second-order valence-corrected chi connectivity index (χ2v) is 6.97. The van der Waals surface area contributed by atoms with Crippen LogP contribution in [0.1, 0.15) is 10.4 Å². The maximum absolute atomic E-state index is 13.9. The number of amides is 1. The number of ether oxygens (including phenoxy) is 1. The van der Waals surface area contributed by atoms with Crippen molar-refractivity contribution in [2.75, 3.05) is 48.5 Å². The summed E-state index contributed by atoms with van der Waals surface area (Å²) in [6, 6.07) is 12.4. The number of benzene rings is 1. The lowest BCUT2D eigenvalue weighted by Gasteiger charge is -2.30. The Morgan fingerprint density at radius 3 is 2.55 bits per heavy atom. The van der Waals surface area contributed by atoms with Crippen LogP contribution in [0.2, 0.25) is 0 Å². The third kappa shape index (κ3) is 4.61. The van der Waals surface area contributed by atoms with Gasteiger partial charge in [-0.15, -0.1) is 0 Å². The molecule has 7 nitrogen and oxygen atoms in total. The fourth-order valence-electron chi connectivity index (χ4n) is 3.28. The van der Waals surface area contributed by atoms with Gasteiger partial charge in [-0.3, -0.25) is 4.79 Å². The van der Waals surface area contributed by atoms with Crippen LogP contribution < -0.4 is 15.1 Å². The molecule has 1 fully saturated rings. The lowest BCUT2D eigenvalue weighted by atomic mass is 10.2. The summed E-state index contributed by atoms with van der Waals surface area (Å²) in [7, 11) is 1.82. The molecule has 2 aromatic heterocycles. The van der Waals surface area contributed by atoms with Crippen LogP contribution in [-0.4, -0.2) is 49.2 Å². The topological polar surface area (TPSA) is 70.6 Å². The number of morpholine rings is 1. The maximum Gasteiger partial charge on any atom is 0.260 e. The van der Waals surface area contributed by atoms with Crippen LogP contribution in [0.4, 0.5) is 31.8 Å². The van der Waals surface area contributed by atoms with Crippen LogP contribution in [-0.2, 0) is 4.74 Å². The second-order valence-electron chi connectivity index (χ2n) is 6.97. The highest BCUT2D eigenvalue weighted by molar-refractivity contribution is 6.05. The Balaban J connectivity index is 1.67. The Morgan fingerprint density at radius 1 is 1.10 bits per heavy atom. The zero-order valence-electron chi connectivity index (χ0n) is 16.9. The van der Waals surface area contributed by atoms with Crippen molar-refractivity contribution in [1.82, 2.24) is 9.97 Å². The molecule has 1 N–H and O–H groups in total. The van der Waals surface area contributed by atoms with Gasteiger partial charge < -0.3 is 19.9 Å². The van der Waals surface area contributed by atoms with Crippen LogP contribution in [0.5, 0.6) is 0 Å². The molecule has 1 aliphatic rings. The fourth-order valence-corrected chi connectivity index (χ4v) is 3.28. The molecule has 0 spiro atoms. The fraction of sp³-hybridized carbons (Fsp3) is 0.227. The van der Waals surface area contributed by atoms with Crippen molar-refractivity contribution in [2.24, 2.45) is 0 Å². The van der Waals surface area contributed by atoms with Crippen molar-refractivity contribution in [3.05, 3.63) is 72.1 Å². The van der Waals surface area contributed by atoms with Gasteiger partial charge in [-0.25, -0.2) is 14.4 Å². The molecule has 0 bridgehead atoms. The molecular formula is C22H21F2N5O2. The third-order valence-electron chi connectivity index (χ3n) is 4.98. The molecule has 160 valence electrons. The molecule has 1 aliphatic heterocycles. The summed E-state index contributed by atoms with van der Waals surface area (Å²) in [4.78, 5) is 24.7. The Morgan fingerprint density at radius 2 is 1.84 bits per heavy atom. The summed E-state index contributed by atoms with van der Waals surface area (Å²) in [5.41, 5.74) is 1.06. The van der Waals surface area contributed by atoms with E-state index in [2.05, 4.69) is 10.3 Å². The van der Waals surface area contributed by atoms with Gasteiger partial charge in [-0.1, -0.05) is 0 Å². The summed E-state index contributed by atoms with van der Waals surface area (Å²) in [6.45, 7) is 2.26. The van der Waals surface area contributed by atoms with Gasteiger partial charge in [0.15, 0.2) is 5.82 Å². The van der Waals surface area contributed by atoms with Crippen molar-refractivity contribution in [2.45, 2.75) is 0 Å². The molecular weight excluding hydrogens is 404 g/mol. The Kier molecular flexibility index (Phi) is 6.03. The number of hydrogen-bond donors (Lipinski definition) is 1. The maximum atomic E-state index is 13.9. The van der Waals surface area contributed by atoms with Gasteiger partial charge in [-0.05, 0) is 48.5 Å². The molecule has 3 heterocycles. The normalized spacial score (nSPS) is 13.7. The molecule has 3 aromatic rings. The first-order valence-electron chi connectivity index (χ1n) is 9.78. The molecule has 0 saturated carbocycles. The molecule has 0 atom stereocenters. The van der Waals surface area contributed by atoms with Gasteiger partial charge >= 0.3 is 0 Å². The Bertz CT molecular complexity index is 1070. The molecule has 0 aliphatic carbocycles. The van der Waals surface area contributed by atoms with E-state index in [1.807, 2.05) is 16.8 Å². The number of halogens is 2. The molecule has 31 heavy (non-hydrogen) atoms. The number of carbonyl (C=O) groups is 1. The van der Waals surface area contributed by atoms with Crippen LogP contribution in [0, 0.1) is 11.8 Å². The number of nitrogens with zero attached hydrogens (tertiary/aromatic N) is 4. The Hall–Kier alpha value is -3.59. The highest BCUT2D eigenvalue weighted by Gasteiger charge is 2.21. The summed E-state index contributed by atoms with van der Waals surface area (Å²) in [5.74, 6) is -0.610. The van der Waals surface area contributed by atoms with E-state index in [0.717, 1.165) is 5.69 Å². The minimum atomic E-state index is -0.839. The molecule has 0 unspecified atom stereocenters. The van der Waals surface area contributed by atoms with Gasteiger partial charge in [0.05, 0.1) is 24.5 Å². The van der Waals surface area contributed by atoms with Crippen LogP contribution in [0.15, 0.2) is 54.7 Å². The molecule has 1 aromatic carbocycles. The van der Waals surface area contributed by atoms with E-state index in [0.29, 0.717) is 43.6 Å². The molecule has 9 heteroatoms. The van der Waals surface area contributed by atoms with E-state index in [1.54, 1.807) is 24.3 Å². The number of pyridine rings is 2. The van der Waals surface area contributed by atoms with Crippen molar-refractivity contribution in [3.63, 3.8) is 0 Å². The monoisotopic (exact) mass is 425 g/mol. The largest absolute Gasteiger partial charge is 0.378 e. The zero-order valence-corrected chi connectivity index (χ0v) is 16.9. The van der Waals surface area contributed by atoms with Crippen LogP contribution >= 0.6 is 0 Å². The van der Waals surface area contributed by atoms with Gasteiger partial charge in [0, 0.05) is 32.0 Å². The average molecular weight is 425 g/mol. The summed E-state index contributed by atoms with van der Waals surface area (Å²) < 4.78 is 32.6. The highest BCUT2D eigenvalue weighted by Crippen LogP contribution is 2.31. The summed E-state index contributed by atoms with van der Waals surface area (Å²) in [5, 5.41) is 2.75. The predicted octanol–water partition coefficient (Wildman–Crippen LogP) is 3.61. The van der Waals surface area contributed by atoms with E-state index < -0.39 is 11.9 Å². The number of aromatic nitrogens is 2. The third-order valence-corrected chi connectivity index (χ3v) is 4.98. The van der Waals surface area contributed by atoms with Crippen molar-refractivity contribution >= 4 is 28.9 Å². The average Bonchev–Trinajstić information content (AvgIpc) is 2.80. The summed E-state index contributed by atoms with van der Waals surface area (Å²) >= 11 is 0. The standard InChI is InChI=1S/C22H21F2N5O2/c1-28(16-6-4-15(23)5-7-16)19-9-8-18(21(27-19)29-11-13-31-14-12-29)26-22(30)17-3-2-10-25-20(17)24/h2-10H,11-14H2,1H3,(H,26,30). The zero-order chi connectivity index (χ0) is 21.8. The van der Waals surface area contributed by atoms with E-state index in [-0.39, 0.29) is 11.4 Å².